The van der Waals surface area contributed by atoms with Crippen LogP contribution in [0.1, 0.15) is 45.1 Å². The molecular formula is C16H27ClN2. The van der Waals surface area contributed by atoms with E-state index in [1.807, 2.05) is 12.1 Å². The third kappa shape index (κ3) is 4.48. The zero-order chi connectivity index (χ0) is 14.3. The highest BCUT2D eigenvalue weighted by Gasteiger charge is 2.30. The number of halogens is 1. The Morgan fingerprint density at radius 1 is 1.21 bits per heavy atom. The predicted octanol–water partition coefficient (Wildman–Crippen LogP) is 4.07. The third-order valence-corrected chi connectivity index (χ3v) is 4.43. The predicted molar refractivity (Wildman–Crippen MR) is 84.5 cm³/mol. The van der Waals surface area contributed by atoms with E-state index in [1.165, 1.54) is 24.8 Å². The summed E-state index contributed by atoms with van der Waals surface area (Å²) in [5.74, 6) is 0. The Bertz CT molecular complexity index is 358. The number of nitrogens with two attached hydrogens (primary N) is 1. The van der Waals surface area contributed by atoms with Crippen molar-refractivity contribution in [2.45, 2.75) is 51.6 Å². The van der Waals surface area contributed by atoms with Gasteiger partial charge in [-0.25, -0.2) is 0 Å². The maximum Gasteiger partial charge on any atom is 0.0406 e. The molecule has 0 radical (unpaired) electrons. The number of nitrogens with zero attached hydrogens (tertiary/aromatic N) is 1. The van der Waals surface area contributed by atoms with Crippen LogP contribution in [0.15, 0.2) is 24.3 Å². The highest BCUT2D eigenvalue weighted by Crippen LogP contribution is 2.26. The first-order valence-corrected chi connectivity index (χ1v) is 7.61. The lowest BCUT2D eigenvalue weighted by molar-refractivity contribution is 0.0999. The lowest BCUT2D eigenvalue weighted by Crippen LogP contribution is -2.51. The lowest BCUT2D eigenvalue weighted by atomic mass is 9.87. The van der Waals surface area contributed by atoms with E-state index >= 15 is 0 Å². The molecule has 0 aromatic heterocycles. The van der Waals surface area contributed by atoms with Crippen LogP contribution in [0.25, 0.3) is 0 Å². The summed E-state index contributed by atoms with van der Waals surface area (Å²) < 4.78 is 0. The molecule has 19 heavy (non-hydrogen) atoms. The van der Waals surface area contributed by atoms with Gasteiger partial charge in [-0.05, 0) is 37.6 Å². The number of rotatable bonds is 8. The van der Waals surface area contributed by atoms with Crippen LogP contribution in [0.3, 0.4) is 0 Å². The van der Waals surface area contributed by atoms with Crippen LogP contribution in [-0.2, 0) is 6.54 Å². The van der Waals surface area contributed by atoms with Gasteiger partial charge in [-0.3, -0.25) is 4.90 Å². The molecule has 0 saturated heterocycles. The molecule has 0 spiro atoms. The first-order chi connectivity index (χ1) is 9.07. The summed E-state index contributed by atoms with van der Waals surface area (Å²) in [5.41, 5.74) is 7.48. The average Bonchev–Trinajstić information content (AvgIpc) is 2.43. The highest BCUT2D eigenvalue weighted by molar-refractivity contribution is 6.30. The molecule has 0 saturated carbocycles. The maximum absolute atomic E-state index is 6.07. The quantitative estimate of drug-likeness (QED) is 0.779. The van der Waals surface area contributed by atoms with Crippen molar-refractivity contribution in [3.8, 4) is 0 Å². The van der Waals surface area contributed by atoms with E-state index < -0.39 is 0 Å². The van der Waals surface area contributed by atoms with E-state index in [0.717, 1.165) is 18.0 Å². The van der Waals surface area contributed by atoms with Crippen LogP contribution in [-0.4, -0.2) is 24.0 Å². The molecule has 108 valence electrons. The second-order valence-corrected chi connectivity index (χ2v) is 5.80. The Kier molecular flexibility index (Phi) is 6.84. The summed E-state index contributed by atoms with van der Waals surface area (Å²) in [5, 5.41) is 0.790. The molecule has 1 aromatic carbocycles. The van der Waals surface area contributed by atoms with Crippen LogP contribution in [0.5, 0.6) is 0 Å². The van der Waals surface area contributed by atoms with Gasteiger partial charge in [-0.2, -0.15) is 0 Å². The fourth-order valence-corrected chi connectivity index (χ4v) is 2.70. The third-order valence-electron chi connectivity index (χ3n) is 4.18. The van der Waals surface area contributed by atoms with Crippen molar-refractivity contribution in [2.24, 2.45) is 5.73 Å². The van der Waals surface area contributed by atoms with Gasteiger partial charge >= 0.3 is 0 Å². The van der Waals surface area contributed by atoms with Crippen molar-refractivity contribution in [2.75, 3.05) is 13.6 Å². The molecule has 0 fully saturated rings. The highest BCUT2D eigenvalue weighted by atomic mass is 35.5. The molecule has 0 heterocycles. The molecule has 0 aliphatic rings. The van der Waals surface area contributed by atoms with Crippen molar-refractivity contribution in [3.05, 3.63) is 34.9 Å². The topological polar surface area (TPSA) is 29.3 Å². The molecule has 1 unspecified atom stereocenters. The molecular weight excluding hydrogens is 256 g/mol. The molecule has 2 N–H and O–H groups in total. The molecule has 1 atom stereocenters. The molecule has 0 bridgehead atoms. The van der Waals surface area contributed by atoms with Crippen LogP contribution in [0.2, 0.25) is 5.02 Å². The minimum absolute atomic E-state index is 0.121. The summed E-state index contributed by atoms with van der Waals surface area (Å²) in [6.45, 7) is 6.11. The summed E-state index contributed by atoms with van der Waals surface area (Å²) >= 11 is 5.93. The summed E-state index contributed by atoms with van der Waals surface area (Å²) in [7, 11) is 2.18. The van der Waals surface area contributed by atoms with Gasteiger partial charge in [0, 0.05) is 23.7 Å². The fraction of sp³-hybridized carbons (Fsp3) is 0.625. The number of benzene rings is 1. The Balaban J connectivity index is 2.75. The first kappa shape index (κ1) is 16.5. The minimum atomic E-state index is 0.121. The van der Waals surface area contributed by atoms with E-state index in [-0.39, 0.29) is 5.54 Å². The smallest absolute Gasteiger partial charge is 0.0406 e. The Morgan fingerprint density at radius 2 is 1.84 bits per heavy atom. The molecule has 0 amide bonds. The first-order valence-electron chi connectivity index (χ1n) is 7.23. The van der Waals surface area contributed by atoms with E-state index in [2.05, 4.69) is 37.9 Å². The Hall–Kier alpha value is -0.570. The Morgan fingerprint density at radius 3 is 2.32 bits per heavy atom. The van der Waals surface area contributed by atoms with Crippen LogP contribution in [0, 0.1) is 0 Å². The maximum atomic E-state index is 6.07. The molecule has 1 aromatic rings. The van der Waals surface area contributed by atoms with Crippen molar-refractivity contribution >= 4 is 11.6 Å². The fourth-order valence-electron chi connectivity index (χ4n) is 2.58. The van der Waals surface area contributed by atoms with Gasteiger partial charge in [0.15, 0.2) is 0 Å². The van der Waals surface area contributed by atoms with Crippen LogP contribution >= 0.6 is 11.6 Å². The van der Waals surface area contributed by atoms with Crippen LogP contribution in [0.4, 0.5) is 0 Å². The number of hydrogen-bond donors (Lipinski definition) is 1. The standard InChI is InChI=1S/C16H27ClN2/c1-4-6-11-16(5-2,13-18)19(3)12-14-7-9-15(17)10-8-14/h7-10H,4-6,11-13,18H2,1-3H3. The van der Waals surface area contributed by atoms with E-state index in [4.69, 9.17) is 17.3 Å². The summed E-state index contributed by atoms with van der Waals surface area (Å²) in [6, 6.07) is 8.09. The zero-order valence-corrected chi connectivity index (χ0v) is 13.2. The Labute approximate surface area is 122 Å². The zero-order valence-electron chi connectivity index (χ0n) is 12.5. The van der Waals surface area contributed by atoms with Crippen molar-refractivity contribution in [1.29, 1.82) is 0 Å². The van der Waals surface area contributed by atoms with E-state index in [0.29, 0.717) is 6.54 Å². The normalized spacial score (nSPS) is 14.6. The van der Waals surface area contributed by atoms with E-state index in [9.17, 15) is 0 Å². The SMILES string of the molecule is CCCCC(CC)(CN)N(C)Cc1ccc(Cl)cc1. The number of likely N-dealkylation sites (N-methyl/N-ethyl adjacent to an activating group) is 1. The number of hydrogen-bond acceptors (Lipinski definition) is 2. The van der Waals surface area contributed by atoms with Crippen molar-refractivity contribution < 1.29 is 0 Å². The van der Waals surface area contributed by atoms with Crippen LogP contribution < -0.4 is 5.73 Å². The van der Waals surface area contributed by atoms with Crippen molar-refractivity contribution in [1.82, 2.24) is 4.90 Å². The lowest BCUT2D eigenvalue weighted by Gasteiger charge is -2.41. The van der Waals surface area contributed by atoms with Crippen molar-refractivity contribution in [3.63, 3.8) is 0 Å². The summed E-state index contributed by atoms with van der Waals surface area (Å²) in [4.78, 5) is 2.41. The van der Waals surface area contributed by atoms with Gasteiger partial charge in [0.2, 0.25) is 0 Å². The van der Waals surface area contributed by atoms with Gasteiger partial charge in [-0.15, -0.1) is 0 Å². The minimum Gasteiger partial charge on any atom is -0.329 e. The molecule has 3 heteroatoms. The van der Waals surface area contributed by atoms with Gasteiger partial charge in [0.1, 0.15) is 0 Å². The molecule has 1 rings (SSSR count). The van der Waals surface area contributed by atoms with Gasteiger partial charge in [-0.1, -0.05) is 50.4 Å². The molecule has 0 aliphatic carbocycles. The van der Waals surface area contributed by atoms with Gasteiger partial charge in [0.05, 0.1) is 0 Å². The summed E-state index contributed by atoms with van der Waals surface area (Å²) in [6.07, 6.45) is 4.71. The average molecular weight is 283 g/mol. The molecule has 2 nitrogen and oxygen atoms in total. The largest absolute Gasteiger partial charge is 0.329 e. The van der Waals surface area contributed by atoms with Gasteiger partial charge in [0.25, 0.3) is 0 Å². The number of unbranched alkanes of at least 4 members (excludes halogenated alkanes) is 1. The second-order valence-electron chi connectivity index (χ2n) is 5.37. The molecule has 0 aliphatic heterocycles. The monoisotopic (exact) mass is 282 g/mol. The van der Waals surface area contributed by atoms with E-state index in [1.54, 1.807) is 0 Å². The van der Waals surface area contributed by atoms with Gasteiger partial charge < -0.3 is 5.73 Å². The second kappa shape index (κ2) is 7.88.